The first-order valence-corrected chi connectivity index (χ1v) is 17.1. The Labute approximate surface area is 283 Å². The van der Waals surface area contributed by atoms with Gasteiger partial charge in [-0.05, 0) is 48.4 Å². The van der Waals surface area contributed by atoms with E-state index in [2.05, 4.69) is 5.32 Å². The van der Waals surface area contributed by atoms with Crippen LogP contribution in [0, 0.1) is 0 Å². The van der Waals surface area contributed by atoms with Crippen molar-refractivity contribution >= 4 is 73.9 Å². The first kappa shape index (κ1) is 34.6. The summed E-state index contributed by atoms with van der Waals surface area (Å²) < 4.78 is 29.1. The second-order valence-electron chi connectivity index (χ2n) is 10.1. The number of sulfonamides is 1. The maximum absolute atomic E-state index is 14.5. The van der Waals surface area contributed by atoms with E-state index in [1.807, 2.05) is 37.3 Å². The molecule has 0 unspecified atom stereocenters. The molecule has 0 aliphatic carbocycles. The summed E-state index contributed by atoms with van der Waals surface area (Å²) in [5.41, 5.74) is 1.21. The number of hydrogen-bond acceptors (Lipinski definition) is 4. The van der Waals surface area contributed by atoms with Crippen LogP contribution >= 0.6 is 46.4 Å². The highest BCUT2D eigenvalue weighted by Crippen LogP contribution is 2.36. The number of nitrogens with zero attached hydrogens (tertiary/aromatic N) is 2. The van der Waals surface area contributed by atoms with Crippen LogP contribution in [0.5, 0.6) is 0 Å². The summed E-state index contributed by atoms with van der Waals surface area (Å²) in [6.45, 7) is 1.42. The zero-order valence-electron chi connectivity index (χ0n) is 24.3. The van der Waals surface area contributed by atoms with Gasteiger partial charge in [0.15, 0.2) is 0 Å². The molecule has 1 N–H and O–H groups in total. The van der Waals surface area contributed by atoms with E-state index in [1.165, 1.54) is 29.2 Å². The third-order valence-corrected chi connectivity index (χ3v) is 10.3. The molecular weight excluding hydrogens is 676 g/mol. The standard InChI is InChI=1S/C33H31Cl4N3O4S/c1-2-19-38-33(42)30(20-23-11-5-3-6-12-23)39(21-25-26(34)15-9-16-27(25)35)31(41)22-40(29-18-10-17-28(36)32(29)37)45(43,44)24-13-7-4-8-14-24/h3-18,30H,2,19-22H2,1H3,(H,38,42)/t30-/m1/s1. The predicted molar refractivity (Wildman–Crippen MR) is 182 cm³/mol. The average Bonchev–Trinajstić information content (AvgIpc) is 3.03. The van der Waals surface area contributed by atoms with Gasteiger partial charge in [-0.2, -0.15) is 0 Å². The highest BCUT2D eigenvalue weighted by atomic mass is 35.5. The Bertz CT molecular complexity index is 1720. The van der Waals surface area contributed by atoms with E-state index in [4.69, 9.17) is 46.4 Å². The third-order valence-electron chi connectivity index (χ3n) is 7.02. The maximum Gasteiger partial charge on any atom is 0.264 e. The Kier molecular flexibility index (Phi) is 12.2. The Morgan fingerprint density at radius 1 is 0.778 bits per heavy atom. The van der Waals surface area contributed by atoms with Gasteiger partial charge in [0.2, 0.25) is 11.8 Å². The lowest BCUT2D eigenvalue weighted by molar-refractivity contribution is -0.140. The Hall–Kier alpha value is -3.27. The van der Waals surface area contributed by atoms with Crippen molar-refractivity contribution in [3.63, 3.8) is 0 Å². The summed E-state index contributed by atoms with van der Waals surface area (Å²) in [5.74, 6) is -1.09. The molecule has 4 rings (SSSR count). The molecule has 0 radical (unpaired) electrons. The summed E-state index contributed by atoms with van der Waals surface area (Å²) >= 11 is 25.9. The fourth-order valence-electron chi connectivity index (χ4n) is 4.69. The molecule has 7 nitrogen and oxygen atoms in total. The summed E-state index contributed by atoms with van der Waals surface area (Å²) in [6.07, 6.45) is 0.817. The first-order valence-electron chi connectivity index (χ1n) is 14.1. The van der Waals surface area contributed by atoms with Crippen LogP contribution in [0.25, 0.3) is 0 Å². The van der Waals surface area contributed by atoms with E-state index in [1.54, 1.807) is 42.5 Å². The van der Waals surface area contributed by atoms with Crippen molar-refractivity contribution in [3.8, 4) is 0 Å². The summed E-state index contributed by atoms with van der Waals surface area (Å²) in [4.78, 5) is 29.5. The van der Waals surface area contributed by atoms with Crippen molar-refractivity contribution in [2.45, 2.75) is 37.2 Å². The molecule has 0 fully saturated rings. The zero-order chi connectivity index (χ0) is 32.6. The predicted octanol–water partition coefficient (Wildman–Crippen LogP) is 7.66. The molecule has 0 heterocycles. The number of anilines is 1. The number of hydrogen-bond donors (Lipinski definition) is 1. The summed E-state index contributed by atoms with van der Waals surface area (Å²) in [5, 5.41) is 3.53. The largest absolute Gasteiger partial charge is 0.354 e. The lowest BCUT2D eigenvalue weighted by Crippen LogP contribution is -2.53. The SMILES string of the molecule is CCCNC(=O)[C@@H](Cc1ccccc1)N(Cc1c(Cl)cccc1Cl)C(=O)CN(c1cccc(Cl)c1Cl)S(=O)(=O)c1ccccc1. The van der Waals surface area contributed by atoms with Crippen molar-refractivity contribution in [2.75, 3.05) is 17.4 Å². The monoisotopic (exact) mass is 705 g/mol. The van der Waals surface area contributed by atoms with Crippen molar-refractivity contribution in [1.29, 1.82) is 0 Å². The number of amides is 2. The van der Waals surface area contributed by atoms with Crippen LogP contribution in [-0.4, -0.2) is 44.3 Å². The van der Waals surface area contributed by atoms with Gasteiger partial charge in [0.05, 0.1) is 20.6 Å². The Balaban J connectivity index is 1.85. The van der Waals surface area contributed by atoms with Gasteiger partial charge < -0.3 is 10.2 Å². The molecule has 2 amide bonds. The molecule has 0 bridgehead atoms. The van der Waals surface area contributed by atoms with Gasteiger partial charge in [0, 0.05) is 35.1 Å². The molecule has 12 heteroatoms. The van der Waals surface area contributed by atoms with E-state index in [9.17, 15) is 18.0 Å². The first-order chi connectivity index (χ1) is 21.5. The molecule has 45 heavy (non-hydrogen) atoms. The molecule has 0 aromatic heterocycles. The second-order valence-corrected chi connectivity index (χ2v) is 13.6. The molecular formula is C33H31Cl4N3O4S. The van der Waals surface area contributed by atoms with Gasteiger partial charge in [-0.15, -0.1) is 0 Å². The molecule has 0 saturated carbocycles. The number of carbonyl (C=O) groups is 2. The van der Waals surface area contributed by atoms with Crippen LogP contribution in [0.4, 0.5) is 5.69 Å². The highest BCUT2D eigenvalue weighted by Gasteiger charge is 2.36. The average molecular weight is 708 g/mol. The number of benzene rings is 4. The van der Waals surface area contributed by atoms with Crippen LogP contribution in [0.15, 0.2) is 102 Å². The number of halogens is 4. The topological polar surface area (TPSA) is 86.8 Å². The maximum atomic E-state index is 14.5. The second kappa shape index (κ2) is 15.8. The smallest absolute Gasteiger partial charge is 0.264 e. The Morgan fingerprint density at radius 2 is 1.36 bits per heavy atom. The fourth-order valence-corrected chi connectivity index (χ4v) is 7.10. The minimum atomic E-state index is -4.34. The van der Waals surface area contributed by atoms with Gasteiger partial charge in [-0.3, -0.25) is 13.9 Å². The van der Waals surface area contributed by atoms with Crippen molar-refractivity contribution < 1.29 is 18.0 Å². The van der Waals surface area contributed by atoms with Crippen LogP contribution in [0.3, 0.4) is 0 Å². The number of carbonyl (C=O) groups excluding carboxylic acids is 2. The summed E-state index contributed by atoms with van der Waals surface area (Å²) in [7, 11) is -4.34. The van der Waals surface area contributed by atoms with Crippen molar-refractivity contribution in [2.24, 2.45) is 0 Å². The number of nitrogens with one attached hydrogen (secondary N) is 1. The fraction of sp³-hybridized carbons (Fsp3) is 0.212. The molecule has 4 aromatic rings. The third kappa shape index (κ3) is 8.51. The van der Waals surface area contributed by atoms with Gasteiger partial charge in [-0.1, -0.05) is 114 Å². The normalized spacial score (nSPS) is 11.9. The van der Waals surface area contributed by atoms with Crippen molar-refractivity contribution in [3.05, 3.63) is 128 Å². The van der Waals surface area contributed by atoms with Crippen molar-refractivity contribution in [1.82, 2.24) is 10.2 Å². The van der Waals surface area contributed by atoms with E-state index < -0.39 is 34.4 Å². The Morgan fingerprint density at radius 3 is 1.98 bits per heavy atom. The zero-order valence-corrected chi connectivity index (χ0v) is 28.1. The lowest BCUT2D eigenvalue weighted by atomic mass is 10.0. The van der Waals surface area contributed by atoms with Gasteiger partial charge in [0.25, 0.3) is 10.0 Å². The molecule has 236 valence electrons. The minimum Gasteiger partial charge on any atom is -0.354 e. The quantitative estimate of drug-likeness (QED) is 0.155. The van der Waals surface area contributed by atoms with Gasteiger partial charge in [0.1, 0.15) is 12.6 Å². The molecule has 0 spiro atoms. The molecule has 1 atom stereocenters. The van der Waals surface area contributed by atoms with E-state index in [0.717, 1.165) is 9.87 Å². The molecule has 0 aliphatic heterocycles. The van der Waals surface area contributed by atoms with E-state index in [-0.39, 0.29) is 33.6 Å². The van der Waals surface area contributed by atoms with E-state index >= 15 is 0 Å². The van der Waals surface area contributed by atoms with Crippen LogP contribution in [-0.2, 0) is 32.6 Å². The van der Waals surface area contributed by atoms with Crippen LogP contribution in [0.2, 0.25) is 20.1 Å². The van der Waals surface area contributed by atoms with Crippen LogP contribution < -0.4 is 9.62 Å². The lowest BCUT2D eigenvalue weighted by Gasteiger charge is -2.34. The van der Waals surface area contributed by atoms with Gasteiger partial charge >= 0.3 is 0 Å². The molecule has 0 aliphatic rings. The van der Waals surface area contributed by atoms with E-state index in [0.29, 0.717) is 28.6 Å². The molecule has 4 aromatic carbocycles. The van der Waals surface area contributed by atoms with Gasteiger partial charge in [-0.25, -0.2) is 8.42 Å². The highest BCUT2D eigenvalue weighted by molar-refractivity contribution is 7.92. The minimum absolute atomic E-state index is 0.00661. The molecule has 0 saturated heterocycles. The number of rotatable bonds is 13. The summed E-state index contributed by atoms with van der Waals surface area (Å²) in [6, 6.07) is 25.3. The van der Waals surface area contributed by atoms with Crippen LogP contribution in [0.1, 0.15) is 24.5 Å².